The molecule has 3 saturated heterocycles. The fourth-order valence-electron chi connectivity index (χ4n) is 3.66. The number of piperidine rings is 1. The van der Waals surface area contributed by atoms with Crippen molar-refractivity contribution in [3.63, 3.8) is 0 Å². The molecule has 3 aliphatic heterocycles. The van der Waals surface area contributed by atoms with Crippen molar-refractivity contribution in [3.8, 4) is 0 Å². The summed E-state index contributed by atoms with van der Waals surface area (Å²) in [5, 5.41) is 8.39. The number of pyridine rings is 1. The molecule has 3 fully saturated rings. The van der Waals surface area contributed by atoms with E-state index < -0.39 is 0 Å². The van der Waals surface area contributed by atoms with Crippen molar-refractivity contribution in [1.82, 2.24) is 29.5 Å². The van der Waals surface area contributed by atoms with Gasteiger partial charge in [-0.05, 0) is 25.5 Å². The third-order valence-corrected chi connectivity index (χ3v) is 5.13. The van der Waals surface area contributed by atoms with Crippen molar-refractivity contribution in [3.05, 3.63) is 41.5 Å². The lowest BCUT2D eigenvalue weighted by molar-refractivity contribution is -0.0797. The van der Waals surface area contributed by atoms with Crippen molar-refractivity contribution >= 4 is 0 Å². The Morgan fingerprint density at radius 1 is 1.22 bits per heavy atom. The lowest BCUT2D eigenvalue weighted by Crippen LogP contribution is -2.67. The average Bonchev–Trinajstić information content (AvgIpc) is 2.87. The van der Waals surface area contributed by atoms with Crippen LogP contribution in [-0.2, 0) is 20.1 Å². The van der Waals surface area contributed by atoms with Crippen LogP contribution in [0.5, 0.6) is 0 Å². The number of hydrogen-bond acceptors (Lipinski definition) is 5. The predicted molar refractivity (Wildman–Crippen MR) is 82.9 cm³/mol. The fourth-order valence-corrected chi connectivity index (χ4v) is 3.66. The Balaban J connectivity index is 1.39. The first-order chi connectivity index (χ1) is 11.1. The number of hydrogen-bond donors (Lipinski definition) is 0. The molecule has 0 amide bonds. The molecule has 2 unspecified atom stereocenters. The van der Waals surface area contributed by atoms with E-state index in [2.05, 4.69) is 29.5 Å². The lowest BCUT2D eigenvalue weighted by Gasteiger charge is -2.56. The molecule has 2 aromatic heterocycles. The van der Waals surface area contributed by atoms with E-state index >= 15 is 0 Å². The summed E-state index contributed by atoms with van der Waals surface area (Å²) in [7, 11) is 2.01. The summed E-state index contributed by atoms with van der Waals surface area (Å²) in [6.07, 6.45) is 2.88. The summed E-state index contributed by atoms with van der Waals surface area (Å²) in [5.41, 5.74) is 0.546. The highest BCUT2D eigenvalue weighted by molar-refractivity contribution is 5.09. The van der Waals surface area contributed by atoms with Crippen LogP contribution in [0.25, 0.3) is 0 Å². The number of piperazine rings is 1. The van der Waals surface area contributed by atoms with Crippen molar-refractivity contribution in [2.45, 2.75) is 38.5 Å². The third-order valence-electron chi connectivity index (χ3n) is 5.13. The first-order valence-electron chi connectivity index (χ1n) is 8.04. The molecule has 0 saturated carbocycles. The molecule has 122 valence electrons. The van der Waals surface area contributed by atoms with Gasteiger partial charge in [-0.1, -0.05) is 0 Å². The van der Waals surface area contributed by atoms with Gasteiger partial charge in [-0.2, -0.15) is 0 Å². The van der Waals surface area contributed by atoms with Crippen LogP contribution < -0.4 is 0 Å². The summed E-state index contributed by atoms with van der Waals surface area (Å²) < 4.78 is 15.8. The van der Waals surface area contributed by atoms with Crippen molar-refractivity contribution < 1.29 is 4.39 Å². The average molecular weight is 316 g/mol. The van der Waals surface area contributed by atoms with Gasteiger partial charge in [0.05, 0.1) is 12.2 Å². The predicted octanol–water partition coefficient (Wildman–Crippen LogP) is 1.12. The maximum atomic E-state index is 13.7. The van der Waals surface area contributed by atoms with E-state index in [1.54, 1.807) is 12.3 Å². The minimum absolute atomic E-state index is 0.210. The third kappa shape index (κ3) is 2.64. The molecule has 0 spiro atoms. The molecule has 2 bridgehead atoms. The SMILES string of the molecule is Cc1nnc(CN2C3CC2CN(Cc2ncccc2F)C3)n1C. The second kappa shape index (κ2) is 5.65. The zero-order valence-electron chi connectivity index (χ0n) is 13.5. The maximum absolute atomic E-state index is 13.7. The molecule has 6 nitrogen and oxygen atoms in total. The summed E-state index contributed by atoms with van der Waals surface area (Å²) in [6.45, 7) is 5.33. The summed E-state index contributed by atoms with van der Waals surface area (Å²) in [4.78, 5) is 8.96. The molecule has 2 atom stereocenters. The highest BCUT2D eigenvalue weighted by Crippen LogP contribution is 2.34. The van der Waals surface area contributed by atoms with E-state index in [0.29, 0.717) is 24.3 Å². The van der Waals surface area contributed by atoms with Crippen LogP contribution in [-0.4, -0.2) is 54.7 Å². The van der Waals surface area contributed by atoms with Crippen LogP contribution in [0.2, 0.25) is 0 Å². The molecule has 23 heavy (non-hydrogen) atoms. The van der Waals surface area contributed by atoms with Gasteiger partial charge in [0.15, 0.2) is 0 Å². The summed E-state index contributed by atoms with van der Waals surface area (Å²) in [6, 6.07) is 4.17. The van der Waals surface area contributed by atoms with E-state index in [4.69, 9.17) is 0 Å². The summed E-state index contributed by atoms with van der Waals surface area (Å²) >= 11 is 0. The smallest absolute Gasteiger partial charge is 0.146 e. The molecule has 0 N–H and O–H groups in total. The van der Waals surface area contributed by atoms with Gasteiger partial charge in [0.1, 0.15) is 17.5 Å². The van der Waals surface area contributed by atoms with Gasteiger partial charge < -0.3 is 4.57 Å². The van der Waals surface area contributed by atoms with E-state index in [-0.39, 0.29) is 5.82 Å². The van der Waals surface area contributed by atoms with Crippen LogP contribution in [0.4, 0.5) is 4.39 Å². The lowest BCUT2D eigenvalue weighted by atomic mass is 9.87. The van der Waals surface area contributed by atoms with Crippen LogP contribution in [0.3, 0.4) is 0 Å². The van der Waals surface area contributed by atoms with Crippen LogP contribution >= 0.6 is 0 Å². The van der Waals surface area contributed by atoms with E-state index in [0.717, 1.165) is 31.3 Å². The monoisotopic (exact) mass is 316 g/mol. The van der Waals surface area contributed by atoms with Crippen LogP contribution in [0.1, 0.15) is 23.8 Å². The van der Waals surface area contributed by atoms with Crippen LogP contribution in [0, 0.1) is 12.7 Å². The number of nitrogens with zero attached hydrogens (tertiary/aromatic N) is 6. The number of rotatable bonds is 4. The molecule has 0 aliphatic carbocycles. The minimum atomic E-state index is -0.210. The Bertz CT molecular complexity index is 702. The Kier molecular flexibility index (Phi) is 3.61. The van der Waals surface area contributed by atoms with Gasteiger partial charge in [-0.3, -0.25) is 14.8 Å². The van der Waals surface area contributed by atoms with Gasteiger partial charge in [0, 0.05) is 45.0 Å². The topological polar surface area (TPSA) is 50.1 Å². The largest absolute Gasteiger partial charge is 0.317 e. The first-order valence-corrected chi connectivity index (χ1v) is 8.04. The Hall–Kier alpha value is -1.86. The van der Waals surface area contributed by atoms with Gasteiger partial charge in [0.2, 0.25) is 0 Å². The molecule has 5 rings (SSSR count). The molecular weight excluding hydrogens is 295 g/mol. The number of fused-ring (bicyclic) bond motifs is 2. The van der Waals surface area contributed by atoms with Gasteiger partial charge in [0.25, 0.3) is 0 Å². The van der Waals surface area contributed by atoms with Crippen molar-refractivity contribution in [2.75, 3.05) is 13.1 Å². The van der Waals surface area contributed by atoms with E-state index in [1.807, 2.05) is 14.0 Å². The highest BCUT2D eigenvalue weighted by atomic mass is 19.1. The molecular formula is C16H21FN6. The first kappa shape index (κ1) is 14.7. The molecule has 2 aromatic rings. The Morgan fingerprint density at radius 3 is 2.65 bits per heavy atom. The van der Waals surface area contributed by atoms with Gasteiger partial charge >= 0.3 is 0 Å². The molecule has 5 heterocycles. The highest BCUT2D eigenvalue weighted by Gasteiger charge is 2.44. The number of aromatic nitrogens is 4. The standard InChI is InChI=1S/C16H21FN6/c1-11-19-20-16(21(11)2)10-23-12-6-13(23)8-22(7-12)9-15-14(17)4-3-5-18-15/h3-5,12-13H,6-10H2,1-2H3. The van der Waals surface area contributed by atoms with E-state index in [1.165, 1.54) is 12.5 Å². The maximum Gasteiger partial charge on any atom is 0.146 e. The zero-order chi connectivity index (χ0) is 16.0. The molecule has 0 aromatic carbocycles. The Labute approximate surface area is 134 Å². The normalized spacial score (nSPS) is 24.7. The molecule has 0 radical (unpaired) electrons. The van der Waals surface area contributed by atoms with Crippen LogP contribution in [0.15, 0.2) is 18.3 Å². The fraction of sp³-hybridized carbons (Fsp3) is 0.562. The minimum Gasteiger partial charge on any atom is -0.317 e. The summed E-state index contributed by atoms with van der Waals surface area (Å²) in [5.74, 6) is 1.75. The molecule has 7 heteroatoms. The van der Waals surface area contributed by atoms with Crippen molar-refractivity contribution in [2.24, 2.45) is 7.05 Å². The quantitative estimate of drug-likeness (QED) is 0.846. The van der Waals surface area contributed by atoms with Gasteiger partial charge in [-0.15, -0.1) is 10.2 Å². The number of aryl methyl sites for hydroxylation is 1. The zero-order valence-corrected chi connectivity index (χ0v) is 13.5. The molecule has 3 aliphatic rings. The second-order valence-corrected chi connectivity index (χ2v) is 6.56. The van der Waals surface area contributed by atoms with E-state index in [9.17, 15) is 4.39 Å². The van der Waals surface area contributed by atoms with Crippen molar-refractivity contribution in [1.29, 1.82) is 0 Å². The van der Waals surface area contributed by atoms with Gasteiger partial charge in [-0.25, -0.2) is 4.39 Å². The second-order valence-electron chi connectivity index (χ2n) is 6.56. The number of halogens is 1. The Morgan fingerprint density at radius 2 is 2.00 bits per heavy atom.